The van der Waals surface area contributed by atoms with Crippen LogP contribution in [0.4, 0.5) is 5.69 Å². The fraction of sp³-hybridized carbons (Fsp3) is 0.667. The van der Waals surface area contributed by atoms with E-state index in [0.29, 0.717) is 11.0 Å². The third-order valence-electron chi connectivity index (χ3n) is 3.23. The second-order valence-corrected chi connectivity index (χ2v) is 5.37. The number of halogens is 1. The molecule has 1 aliphatic carbocycles. The summed E-state index contributed by atoms with van der Waals surface area (Å²) in [5.74, 6) is 0.764. The molecule has 0 aliphatic heterocycles. The van der Waals surface area contributed by atoms with Crippen LogP contribution in [0.3, 0.4) is 0 Å². The van der Waals surface area contributed by atoms with Gasteiger partial charge in [-0.3, -0.25) is 4.79 Å². The zero-order chi connectivity index (χ0) is 12.3. The standard InChI is InChI=1S/C12H18BrN3O/c1-2-6-16-12(17)11(13)10(8-15-16)14-7-9-4-3-5-9/h8-9,14H,2-7H2,1H3. The Bertz CT molecular complexity index is 440. The molecule has 0 aromatic carbocycles. The topological polar surface area (TPSA) is 46.9 Å². The number of anilines is 1. The lowest BCUT2D eigenvalue weighted by Gasteiger charge is -2.26. The number of aromatic nitrogens is 2. The average molecular weight is 300 g/mol. The SMILES string of the molecule is CCCn1ncc(NCC2CCC2)c(Br)c1=O. The van der Waals surface area contributed by atoms with Crippen molar-refractivity contribution in [1.29, 1.82) is 0 Å². The Kier molecular flexibility index (Phi) is 4.20. The van der Waals surface area contributed by atoms with Crippen LogP contribution in [0.1, 0.15) is 32.6 Å². The molecule has 1 N–H and O–H groups in total. The first-order chi connectivity index (χ1) is 8.22. The number of hydrogen-bond donors (Lipinski definition) is 1. The summed E-state index contributed by atoms with van der Waals surface area (Å²) in [6.07, 6.45) is 6.58. The molecule has 0 atom stereocenters. The van der Waals surface area contributed by atoms with Crippen molar-refractivity contribution in [2.45, 2.75) is 39.2 Å². The summed E-state index contributed by atoms with van der Waals surface area (Å²) in [7, 11) is 0. The highest BCUT2D eigenvalue weighted by Crippen LogP contribution is 2.27. The van der Waals surface area contributed by atoms with Crippen molar-refractivity contribution in [2.75, 3.05) is 11.9 Å². The summed E-state index contributed by atoms with van der Waals surface area (Å²) in [4.78, 5) is 11.9. The fourth-order valence-electron chi connectivity index (χ4n) is 1.91. The molecule has 0 spiro atoms. The average Bonchev–Trinajstić information content (AvgIpc) is 2.26. The van der Waals surface area contributed by atoms with Crippen LogP contribution in [0.15, 0.2) is 15.5 Å². The molecular formula is C12H18BrN3O. The van der Waals surface area contributed by atoms with Gasteiger partial charge in [0.15, 0.2) is 0 Å². The van der Waals surface area contributed by atoms with E-state index in [1.165, 1.54) is 23.9 Å². The minimum atomic E-state index is -0.0505. The Balaban J connectivity index is 2.06. The van der Waals surface area contributed by atoms with Gasteiger partial charge in [-0.1, -0.05) is 13.3 Å². The highest BCUT2D eigenvalue weighted by molar-refractivity contribution is 9.10. The van der Waals surface area contributed by atoms with Crippen LogP contribution in [-0.2, 0) is 6.54 Å². The molecule has 0 bridgehead atoms. The molecule has 0 amide bonds. The molecule has 0 saturated heterocycles. The van der Waals surface area contributed by atoms with Crippen molar-refractivity contribution in [2.24, 2.45) is 5.92 Å². The number of rotatable bonds is 5. The number of hydrogen-bond acceptors (Lipinski definition) is 3. The Labute approximate surface area is 110 Å². The summed E-state index contributed by atoms with van der Waals surface area (Å²) >= 11 is 3.36. The molecule has 94 valence electrons. The first kappa shape index (κ1) is 12.6. The number of nitrogens with zero attached hydrogens (tertiary/aromatic N) is 2. The monoisotopic (exact) mass is 299 g/mol. The minimum absolute atomic E-state index is 0.0505. The van der Waals surface area contributed by atoms with E-state index in [9.17, 15) is 4.79 Å². The maximum atomic E-state index is 11.9. The maximum Gasteiger partial charge on any atom is 0.283 e. The van der Waals surface area contributed by atoms with E-state index in [1.54, 1.807) is 6.20 Å². The van der Waals surface area contributed by atoms with E-state index in [0.717, 1.165) is 24.6 Å². The second kappa shape index (κ2) is 5.67. The smallest absolute Gasteiger partial charge is 0.283 e. The molecule has 5 heteroatoms. The van der Waals surface area contributed by atoms with Gasteiger partial charge >= 0.3 is 0 Å². The normalized spacial score (nSPS) is 15.6. The van der Waals surface area contributed by atoms with Crippen LogP contribution in [0.2, 0.25) is 0 Å². The van der Waals surface area contributed by atoms with Crippen LogP contribution in [-0.4, -0.2) is 16.3 Å². The zero-order valence-corrected chi connectivity index (χ0v) is 11.7. The Morgan fingerprint density at radius 3 is 2.94 bits per heavy atom. The molecule has 17 heavy (non-hydrogen) atoms. The van der Waals surface area contributed by atoms with Crippen molar-refractivity contribution in [3.8, 4) is 0 Å². The first-order valence-corrected chi connectivity index (χ1v) is 7.01. The number of nitrogens with one attached hydrogen (secondary N) is 1. The quantitative estimate of drug-likeness (QED) is 0.909. The van der Waals surface area contributed by atoms with Gasteiger partial charge in [0.2, 0.25) is 0 Å². The summed E-state index contributed by atoms with van der Waals surface area (Å²) < 4.78 is 2.10. The van der Waals surface area contributed by atoms with Crippen LogP contribution < -0.4 is 10.9 Å². The lowest BCUT2D eigenvalue weighted by atomic mass is 9.85. The summed E-state index contributed by atoms with van der Waals surface area (Å²) in [6, 6.07) is 0. The van der Waals surface area contributed by atoms with Gasteiger partial charge in [-0.15, -0.1) is 0 Å². The van der Waals surface area contributed by atoms with E-state index in [1.807, 2.05) is 6.92 Å². The molecule has 1 aromatic heterocycles. The Morgan fingerprint density at radius 1 is 1.59 bits per heavy atom. The molecule has 1 heterocycles. The van der Waals surface area contributed by atoms with Crippen molar-refractivity contribution in [3.63, 3.8) is 0 Å². The van der Waals surface area contributed by atoms with Gasteiger partial charge < -0.3 is 5.32 Å². The van der Waals surface area contributed by atoms with Gasteiger partial charge in [0, 0.05) is 13.1 Å². The molecule has 1 aliphatic rings. The van der Waals surface area contributed by atoms with Gasteiger partial charge in [-0.2, -0.15) is 5.10 Å². The van der Waals surface area contributed by atoms with E-state index in [2.05, 4.69) is 26.3 Å². The maximum absolute atomic E-state index is 11.9. The van der Waals surface area contributed by atoms with E-state index in [-0.39, 0.29) is 5.56 Å². The van der Waals surface area contributed by atoms with Gasteiger partial charge in [-0.25, -0.2) is 4.68 Å². The predicted octanol–water partition coefficient (Wildman–Crippen LogP) is 2.63. The number of aryl methyl sites for hydroxylation is 1. The van der Waals surface area contributed by atoms with Crippen molar-refractivity contribution >= 4 is 21.6 Å². The van der Waals surface area contributed by atoms with Crippen LogP contribution in [0.5, 0.6) is 0 Å². The largest absolute Gasteiger partial charge is 0.382 e. The molecule has 1 saturated carbocycles. The zero-order valence-electron chi connectivity index (χ0n) is 10.1. The molecule has 1 fully saturated rings. The van der Waals surface area contributed by atoms with Gasteiger partial charge in [-0.05, 0) is 41.1 Å². The van der Waals surface area contributed by atoms with Crippen molar-refractivity contribution in [1.82, 2.24) is 9.78 Å². The fourth-order valence-corrected chi connectivity index (χ4v) is 2.36. The Hall–Kier alpha value is -0.840. The highest BCUT2D eigenvalue weighted by Gasteiger charge is 2.17. The second-order valence-electron chi connectivity index (χ2n) is 4.58. The van der Waals surface area contributed by atoms with E-state index < -0.39 is 0 Å². The van der Waals surface area contributed by atoms with Crippen molar-refractivity contribution in [3.05, 3.63) is 21.0 Å². The predicted molar refractivity (Wildman–Crippen MR) is 72.3 cm³/mol. The molecule has 1 aromatic rings. The van der Waals surface area contributed by atoms with E-state index in [4.69, 9.17) is 0 Å². The third kappa shape index (κ3) is 2.89. The lowest BCUT2D eigenvalue weighted by Crippen LogP contribution is -2.26. The van der Waals surface area contributed by atoms with Crippen LogP contribution in [0.25, 0.3) is 0 Å². The molecule has 0 unspecified atom stereocenters. The minimum Gasteiger partial charge on any atom is -0.382 e. The van der Waals surface area contributed by atoms with Gasteiger partial charge in [0.1, 0.15) is 4.47 Å². The van der Waals surface area contributed by atoms with Gasteiger partial charge in [0.25, 0.3) is 5.56 Å². The van der Waals surface area contributed by atoms with E-state index >= 15 is 0 Å². The van der Waals surface area contributed by atoms with Crippen LogP contribution in [0, 0.1) is 5.92 Å². The third-order valence-corrected chi connectivity index (χ3v) is 3.99. The Morgan fingerprint density at radius 2 is 2.35 bits per heavy atom. The highest BCUT2D eigenvalue weighted by atomic mass is 79.9. The first-order valence-electron chi connectivity index (χ1n) is 6.22. The summed E-state index contributed by atoms with van der Waals surface area (Å²) in [5.41, 5.74) is 0.764. The molecule has 2 rings (SSSR count). The van der Waals surface area contributed by atoms with Crippen LogP contribution >= 0.6 is 15.9 Å². The molecule has 4 nitrogen and oxygen atoms in total. The summed E-state index contributed by atoms with van der Waals surface area (Å²) in [5, 5.41) is 7.46. The summed E-state index contributed by atoms with van der Waals surface area (Å²) in [6.45, 7) is 3.64. The lowest BCUT2D eigenvalue weighted by molar-refractivity contribution is 0.333. The molecular weight excluding hydrogens is 282 g/mol. The van der Waals surface area contributed by atoms with Gasteiger partial charge in [0.05, 0.1) is 11.9 Å². The molecule has 0 radical (unpaired) electrons. The van der Waals surface area contributed by atoms with Crippen molar-refractivity contribution < 1.29 is 0 Å².